The summed E-state index contributed by atoms with van der Waals surface area (Å²) in [5, 5.41) is 1.99. The predicted octanol–water partition coefficient (Wildman–Crippen LogP) is 4.79. The monoisotopic (exact) mass is 321 g/mol. The molecule has 1 N–H and O–H groups in total. The van der Waals surface area contributed by atoms with Gasteiger partial charge in [-0.3, -0.25) is 4.79 Å². The zero-order valence-corrected chi connectivity index (χ0v) is 13.2. The molecule has 22 heavy (non-hydrogen) atoms. The van der Waals surface area contributed by atoms with Gasteiger partial charge >= 0.3 is 0 Å². The van der Waals surface area contributed by atoms with Gasteiger partial charge in [-0.1, -0.05) is 36.4 Å². The molecule has 0 spiro atoms. The van der Waals surface area contributed by atoms with E-state index in [-0.39, 0.29) is 5.25 Å². The average Bonchev–Trinajstić information content (AvgIpc) is 2.51. The van der Waals surface area contributed by atoms with Crippen LogP contribution in [0.1, 0.15) is 24.7 Å². The van der Waals surface area contributed by atoms with Gasteiger partial charge in [0.05, 0.1) is 5.25 Å². The maximum Gasteiger partial charge on any atom is 0.237 e. The molecule has 0 heterocycles. The third kappa shape index (κ3) is 4.07. The van der Waals surface area contributed by atoms with Gasteiger partial charge in [-0.2, -0.15) is 0 Å². The van der Waals surface area contributed by atoms with E-state index >= 15 is 0 Å². The van der Waals surface area contributed by atoms with Gasteiger partial charge < -0.3 is 5.32 Å². The van der Waals surface area contributed by atoms with Crippen molar-refractivity contribution in [1.29, 1.82) is 0 Å². The molecule has 0 aliphatic rings. The van der Waals surface area contributed by atoms with Crippen LogP contribution >= 0.6 is 11.8 Å². The molecule has 5 heteroatoms. The second kappa shape index (κ2) is 7.40. The summed E-state index contributed by atoms with van der Waals surface area (Å²) in [5.74, 6) is -1.97. The van der Waals surface area contributed by atoms with E-state index in [4.69, 9.17) is 0 Å². The molecular formula is C17H17F2NOS. The molecule has 0 aliphatic heterocycles. The molecule has 0 saturated heterocycles. The summed E-state index contributed by atoms with van der Waals surface area (Å²) in [6.45, 7) is 3.71. The van der Waals surface area contributed by atoms with E-state index in [0.717, 1.165) is 17.7 Å². The Bertz CT molecular complexity index is 628. The van der Waals surface area contributed by atoms with Crippen molar-refractivity contribution in [3.63, 3.8) is 0 Å². The van der Waals surface area contributed by atoms with Crippen LogP contribution in [0.3, 0.4) is 0 Å². The van der Waals surface area contributed by atoms with Crippen LogP contribution in [-0.2, 0) is 4.79 Å². The van der Waals surface area contributed by atoms with E-state index in [1.165, 1.54) is 17.8 Å². The van der Waals surface area contributed by atoms with Crippen molar-refractivity contribution in [2.75, 3.05) is 5.32 Å². The summed E-state index contributed by atoms with van der Waals surface area (Å²) in [5.41, 5.74) is 0.705. The Morgan fingerprint density at radius 2 is 1.59 bits per heavy atom. The van der Waals surface area contributed by atoms with E-state index in [1.54, 1.807) is 6.92 Å². The molecule has 116 valence electrons. The van der Waals surface area contributed by atoms with Gasteiger partial charge in [0, 0.05) is 5.25 Å². The van der Waals surface area contributed by atoms with Crippen LogP contribution in [0.25, 0.3) is 0 Å². The van der Waals surface area contributed by atoms with E-state index in [0.29, 0.717) is 0 Å². The van der Waals surface area contributed by atoms with Gasteiger partial charge in [0.15, 0.2) is 0 Å². The molecule has 2 nitrogen and oxygen atoms in total. The average molecular weight is 321 g/mol. The number of thioether (sulfide) groups is 1. The Hall–Kier alpha value is -1.88. The number of amides is 1. The van der Waals surface area contributed by atoms with Crippen LogP contribution in [0.2, 0.25) is 0 Å². The summed E-state index contributed by atoms with van der Waals surface area (Å²) in [6.07, 6.45) is 0. The summed E-state index contributed by atoms with van der Waals surface area (Å²) in [4.78, 5) is 12.1. The van der Waals surface area contributed by atoms with Crippen LogP contribution in [-0.4, -0.2) is 11.2 Å². The van der Waals surface area contributed by atoms with Crippen LogP contribution in [0.15, 0.2) is 48.5 Å². The number of rotatable bonds is 5. The zero-order chi connectivity index (χ0) is 16.1. The molecule has 2 rings (SSSR count). The molecule has 2 unspecified atom stereocenters. The van der Waals surface area contributed by atoms with Gasteiger partial charge in [-0.15, -0.1) is 11.8 Å². The SMILES string of the molecule is CC(SC(C)c1ccccc1)C(=O)Nc1c(F)cccc1F. The molecule has 0 aliphatic carbocycles. The van der Waals surface area contributed by atoms with Crippen LogP contribution in [0.5, 0.6) is 0 Å². The highest BCUT2D eigenvalue weighted by Crippen LogP contribution is 2.32. The highest BCUT2D eigenvalue weighted by atomic mass is 32.2. The van der Waals surface area contributed by atoms with E-state index in [2.05, 4.69) is 5.32 Å². The lowest BCUT2D eigenvalue weighted by atomic mass is 10.2. The quantitative estimate of drug-likeness (QED) is 0.858. The number of para-hydroxylation sites is 1. The second-order valence-electron chi connectivity index (χ2n) is 4.92. The molecule has 2 aromatic carbocycles. The van der Waals surface area contributed by atoms with Crippen molar-refractivity contribution >= 4 is 23.4 Å². The third-order valence-corrected chi connectivity index (χ3v) is 4.56. The van der Waals surface area contributed by atoms with Gasteiger partial charge in [0.25, 0.3) is 0 Å². The zero-order valence-electron chi connectivity index (χ0n) is 12.3. The first kappa shape index (κ1) is 16.5. The van der Waals surface area contributed by atoms with E-state index < -0.39 is 28.5 Å². The lowest BCUT2D eigenvalue weighted by Crippen LogP contribution is -2.24. The summed E-state index contributed by atoms with van der Waals surface area (Å²) < 4.78 is 27.1. The first-order chi connectivity index (χ1) is 10.5. The van der Waals surface area contributed by atoms with Crippen molar-refractivity contribution < 1.29 is 13.6 Å². The Morgan fingerprint density at radius 1 is 1.00 bits per heavy atom. The second-order valence-corrected chi connectivity index (χ2v) is 6.60. The molecule has 0 radical (unpaired) electrons. The highest BCUT2D eigenvalue weighted by molar-refractivity contribution is 8.00. The first-order valence-electron chi connectivity index (χ1n) is 6.94. The first-order valence-corrected chi connectivity index (χ1v) is 7.88. The highest BCUT2D eigenvalue weighted by Gasteiger charge is 2.20. The number of nitrogens with one attached hydrogen (secondary N) is 1. The van der Waals surface area contributed by atoms with Crippen molar-refractivity contribution in [2.24, 2.45) is 0 Å². The minimum atomic E-state index is -0.776. The van der Waals surface area contributed by atoms with Crippen molar-refractivity contribution in [3.05, 3.63) is 65.7 Å². The lowest BCUT2D eigenvalue weighted by molar-refractivity contribution is -0.115. The molecule has 0 bridgehead atoms. The standard InChI is InChI=1S/C17H17F2NOS/c1-11(13-7-4-3-5-8-13)22-12(2)17(21)20-16-14(18)9-6-10-15(16)19/h3-12H,1-2H3,(H,20,21). The molecule has 0 fully saturated rings. The number of halogens is 2. The minimum Gasteiger partial charge on any atom is -0.320 e. The number of carbonyl (C=O) groups excluding carboxylic acids is 1. The molecule has 2 atom stereocenters. The normalized spacial score (nSPS) is 13.5. The molecular weight excluding hydrogens is 304 g/mol. The number of hydrogen-bond donors (Lipinski definition) is 1. The summed E-state index contributed by atoms with van der Waals surface area (Å²) in [6, 6.07) is 13.3. The van der Waals surface area contributed by atoms with Gasteiger partial charge in [0.1, 0.15) is 17.3 Å². The van der Waals surface area contributed by atoms with Crippen molar-refractivity contribution in [3.8, 4) is 0 Å². The Morgan fingerprint density at radius 3 is 2.18 bits per heavy atom. The Kier molecular flexibility index (Phi) is 5.55. The minimum absolute atomic E-state index is 0.104. The fraction of sp³-hybridized carbons (Fsp3) is 0.235. The molecule has 0 aromatic heterocycles. The summed E-state index contributed by atoms with van der Waals surface area (Å²) in [7, 11) is 0. The molecule has 1 amide bonds. The van der Waals surface area contributed by atoms with E-state index in [9.17, 15) is 13.6 Å². The molecule has 0 saturated carbocycles. The number of hydrogen-bond acceptors (Lipinski definition) is 2. The molecule has 2 aromatic rings. The fourth-order valence-corrected chi connectivity index (χ4v) is 3.12. The number of anilines is 1. The number of benzene rings is 2. The maximum atomic E-state index is 13.5. The third-order valence-electron chi connectivity index (χ3n) is 3.26. The van der Waals surface area contributed by atoms with Gasteiger partial charge in [-0.25, -0.2) is 8.78 Å². The van der Waals surface area contributed by atoms with Crippen LogP contribution in [0.4, 0.5) is 14.5 Å². The van der Waals surface area contributed by atoms with Crippen molar-refractivity contribution in [1.82, 2.24) is 0 Å². The largest absolute Gasteiger partial charge is 0.320 e. The maximum absolute atomic E-state index is 13.5. The number of carbonyl (C=O) groups is 1. The predicted molar refractivity (Wildman–Crippen MR) is 86.9 cm³/mol. The topological polar surface area (TPSA) is 29.1 Å². The smallest absolute Gasteiger partial charge is 0.237 e. The Balaban J connectivity index is 2.01. The fourth-order valence-electron chi connectivity index (χ4n) is 2.01. The van der Waals surface area contributed by atoms with Crippen LogP contribution < -0.4 is 5.32 Å². The Labute approximate surface area is 132 Å². The summed E-state index contributed by atoms with van der Waals surface area (Å²) >= 11 is 1.43. The van der Waals surface area contributed by atoms with E-state index in [1.807, 2.05) is 37.3 Å². The van der Waals surface area contributed by atoms with Gasteiger partial charge in [-0.05, 0) is 31.5 Å². The van der Waals surface area contributed by atoms with Crippen LogP contribution in [0, 0.1) is 11.6 Å². The van der Waals surface area contributed by atoms with Gasteiger partial charge in [0.2, 0.25) is 5.91 Å². The van der Waals surface area contributed by atoms with Crippen molar-refractivity contribution in [2.45, 2.75) is 24.3 Å². The lowest BCUT2D eigenvalue weighted by Gasteiger charge is -2.17.